The first-order valence-corrected chi connectivity index (χ1v) is 10.6. The number of benzene rings is 1. The molecule has 0 spiro atoms. The van der Waals surface area contributed by atoms with E-state index in [1.165, 1.54) is 5.01 Å². The average Bonchev–Trinajstić information content (AvgIpc) is 3.25. The van der Waals surface area contributed by atoms with E-state index < -0.39 is 30.1 Å². The number of carbonyl (C=O) groups is 2. The molecule has 2 aliphatic rings. The highest BCUT2D eigenvalue weighted by atomic mass is 19.4. The van der Waals surface area contributed by atoms with Gasteiger partial charge in [0.15, 0.2) is 0 Å². The minimum absolute atomic E-state index is 0.0329. The lowest BCUT2D eigenvalue weighted by molar-refractivity contribution is -0.145. The molecule has 1 N–H and O–H groups in total. The van der Waals surface area contributed by atoms with Gasteiger partial charge in [-0.25, -0.2) is 19.8 Å². The highest BCUT2D eigenvalue weighted by Crippen LogP contribution is 2.26. The summed E-state index contributed by atoms with van der Waals surface area (Å²) < 4.78 is 43.3. The number of aromatic nitrogens is 2. The minimum Gasteiger partial charge on any atom is -0.370 e. The van der Waals surface area contributed by atoms with Crippen molar-refractivity contribution in [2.24, 2.45) is 5.10 Å². The summed E-state index contributed by atoms with van der Waals surface area (Å²) in [5, 5.41) is 8.42. The number of hydrogen-bond acceptors (Lipinski definition) is 6. The number of carbonyl (C=O) groups excluding carboxylic acids is 2. The van der Waals surface area contributed by atoms with Gasteiger partial charge in [0.2, 0.25) is 11.7 Å². The SMILES string of the molecule is Cc1ccc(C2=NN(C(=O)NC(C)c3cnc(C(F)(F)F)nc3)C[C@@H]2N2CCOCC2=O)cc1. The van der Waals surface area contributed by atoms with Gasteiger partial charge in [0, 0.05) is 24.5 Å². The molecular formula is C22H23F3N6O3. The molecule has 1 saturated heterocycles. The lowest BCUT2D eigenvalue weighted by Gasteiger charge is -2.33. The van der Waals surface area contributed by atoms with Crippen molar-refractivity contribution in [3.8, 4) is 0 Å². The number of alkyl halides is 3. The predicted molar refractivity (Wildman–Crippen MR) is 115 cm³/mol. The van der Waals surface area contributed by atoms with Crippen molar-refractivity contribution >= 4 is 17.6 Å². The van der Waals surface area contributed by atoms with Gasteiger partial charge in [-0.05, 0) is 19.4 Å². The summed E-state index contributed by atoms with van der Waals surface area (Å²) in [5.74, 6) is -1.44. The molecular weight excluding hydrogens is 453 g/mol. The van der Waals surface area contributed by atoms with E-state index in [1.807, 2.05) is 31.2 Å². The number of ether oxygens (including phenoxy) is 1. The van der Waals surface area contributed by atoms with Crippen molar-refractivity contribution < 1.29 is 27.5 Å². The summed E-state index contributed by atoms with van der Waals surface area (Å²) in [6.07, 6.45) is -2.59. The number of nitrogens with one attached hydrogen (secondary N) is 1. The Hall–Kier alpha value is -3.54. The summed E-state index contributed by atoms with van der Waals surface area (Å²) in [6, 6.07) is 5.94. The molecule has 2 aromatic rings. The Labute approximate surface area is 193 Å². The van der Waals surface area contributed by atoms with Crippen LogP contribution in [0.1, 0.15) is 35.5 Å². The average molecular weight is 476 g/mol. The molecule has 1 aromatic carbocycles. The van der Waals surface area contributed by atoms with E-state index in [0.29, 0.717) is 24.4 Å². The Morgan fingerprint density at radius 3 is 2.50 bits per heavy atom. The second-order valence-corrected chi connectivity index (χ2v) is 8.10. The molecule has 3 heterocycles. The molecule has 0 aliphatic carbocycles. The fourth-order valence-electron chi connectivity index (χ4n) is 3.75. The maximum absolute atomic E-state index is 13.0. The Kier molecular flexibility index (Phi) is 6.51. The number of aryl methyl sites for hydroxylation is 1. The van der Waals surface area contributed by atoms with Crippen molar-refractivity contribution in [1.82, 2.24) is 25.2 Å². The Bertz CT molecular complexity index is 1090. The smallest absolute Gasteiger partial charge is 0.370 e. The van der Waals surface area contributed by atoms with Crippen LogP contribution in [-0.4, -0.2) is 69.9 Å². The topological polar surface area (TPSA) is 100 Å². The molecule has 3 amide bonds. The van der Waals surface area contributed by atoms with E-state index in [9.17, 15) is 22.8 Å². The second kappa shape index (κ2) is 9.37. The van der Waals surface area contributed by atoms with Crippen LogP contribution in [0.3, 0.4) is 0 Å². The van der Waals surface area contributed by atoms with E-state index in [0.717, 1.165) is 23.5 Å². The van der Waals surface area contributed by atoms with Gasteiger partial charge in [-0.3, -0.25) is 4.79 Å². The number of nitrogens with zero attached hydrogens (tertiary/aromatic N) is 5. The quantitative estimate of drug-likeness (QED) is 0.731. The zero-order valence-corrected chi connectivity index (χ0v) is 18.5. The first-order chi connectivity index (χ1) is 16.1. The molecule has 0 saturated carbocycles. The van der Waals surface area contributed by atoms with E-state index in [2.05, 4.69) is 20.4 Å². The maximum Gasteiger partial charge on any atom is 0.451 e. The van der Waals surface area contributed by atoms with Crippen LogP contribution in [-0.2, 0) is 15.7 Å². The first-order valence-electron chi connectivity index (χ1n) is 10.6. The van der Waals surface area contributed by atoms with Gasteiger partial charge in [0.1, 0.15) is 6.61 Å². The van der Waals surface area contributed by atoms with Crippen molar-refractivity contribution in [2.75, 3.05) is 26.3 Å². The third-order valence-corrected chi connectivity index (χ3v) is 5.64. The number of amides is 3. The lowest BCUT2D eigenvalue weighted by Crippen LogP contribution is -2.52. The molecule has 34 heavy (non-hydrogen) atoms. The van der Waals surface area contributed by atoms with Crippen LogP contribution < -0.4 is 5.32 Å². The lowest BCUT2D eigenvalue weighted by atomic mass is 10.0. The van der Waals surface area contributed by atoms with Crippen LogP contribution in [0.4, 0.5) is 18.0 Å². The van der Waals surface area contributed by atoms with Crippen molar-refractivity contribution in [2.45, 2.75) is 32.1 Å². The third kappa shape index (κ3) is 5.01. The summed E-state index contributed by atoms with van der Waals surface area (Å²) in [7, 11) is 0. The second-order valence-electron chi connectivity index (χ2n) is 8.10. The van der Waals surface area contributed by atoms with Gasteiger partial charge in [-0.1, -0.05) is 29.8 Å². The van der Waals surface area contributed by atoms with Crippen molar-refractivity contribution in [1.29, 1.82) is 0 Å². The molecule has 1 unspecified atom stereocenters. The number of rotatable bonds is 4. The maximum atomic E-state index is 13.0. The van der Waals surface area contributed by atoms with Gasteiger partial charge in [0.25, 0.3) is 0 Å². The molecule has 9 nitrogen and oxygen atoms in total. The zero-order valence-electron chi connectivity index (χ0n) is 18.5. The van der Waals surface area contributed by atoms with Gasteiger partial charge in [0.05, 0.1) is 30.9 Å². The number of hydrogen-bond donors (Lipinski definition) is 1. The van der Waals surface area contributed by atoms with Gasteiger partial charge >= 0.3 is 12.2 Å². The van der Waals surface area contributed by atoms with Crippen molar-refractivity contribution in [3.05, 3.63) is 59.2 Å². The Morgan fingerprint density at radius 2 is 1.88 bits per heavy atom. The van der Waals surface area contributed by atoms with E-state index in [1.54, 1.807) is 11.8 Å². The van der Waals surface area contributed by atoms with Gasteiger partial charge in [-0.2, -0.15) is 18.3 Å². The third-order valence-electron chi connectivity index (χ3n) is 5.64. The van der Waals surface area contributed by atoms with Gasteiger partial charge < -0.3 is 15.0 Å². The van der Waals surface area contributed by atoms with Crippen LogP contribution in [0.25, 0.3) is 0 Å². The highest BCUT2D eigenvalue weighted by molar-refractivity contribution is 6.08. The molecule has 4 rings (SSSR count). The number of urea groups is 1. The molecule has 12 heteroatoms. The van der Waals surface area contributed by atoms with Crippen molar-refractivity contribution in [3.63, 3.8) is 0 Å². The fourth-order valence-corrected chi connectivity index (χ4v) is 3.75. The highest BCUT2D eigenvalue weighted by Gasteiger charge is 2.39. The Balaban J connectivity index is 1.52. The summed E-state index contributed by atoms with van der Waals surface area (Å²) >= 11 is 0. The van der Waals surface area contributed by atoms with Crippen LogP contribution in [0.15, 0.2) is 41.8 Å². The number of morpholine rings is 1. The monoisotopic (exact) mass is 476 g/mol. The number of halogens is 3. The number of hydrazone groups is 1. The normalized spacial score (nSPS) is 19.7. The van der Waals surface area contributed by atoms with Crippen LogP contribution >= 0.6 is 0 Å². The summed E-state index contributed by atoms with van der Waals surface area (Å²) in [4.78, 5) is 33.8. The largest absolute Gasteiger partial charge is 0.451 e. The summed E-state index contributed by atoms with van der Waals surface area (Å²) in [5.41, 5.74) is 2.73. The molecule has 0 radical (unpaired) electrons. The zero-order chi connectivity index (χ0) is 24.5. The summed E-state index contributed by atoms with van der Waals surface area (Å²) in [6.45, 7) is 4.43. The Morgan fingerprint density at radius 1 is 1.21 bits per heavy atom. The fraction of sp³-hybridized carbons (Fsp3) is 0.409. The predicted octanol–water partition coefficient (Wildman–Crippen LogP) is 2.52. The van der Waals surface area contributed by atoms with E-state index >= 15 is 0 Å². The standard InChI is InChI=1S/C22H23F3N6O3/c1-13-3-5-15(6-4-13)19-17(30-7-8-34-12-18(30)32)11-31(29-19)21(33)28-14(2)16-9-26-20(27-10-16)22(23,24)25/h3-6,9-10,14,17H,7-8,11-12H2,1-2H3,(H,28,33)/t14?,17-/m0/s1. The van der Waals surface area contributed by atoms with E-state index in [-0.39, 0.29) is 19.1 Å². The molecule has 2 aliphatic heterocycles. The van der Waals surface area contributed by atoms with Gasteiger partial charge in [-0.15, -0.1) is 0 Å². The molecule has 180 valence electrons. The van der Waals surface area contributed by atoms with E-state index in [4.69, 9.17) is 4.74 Å². The van der Waals surface area contributed by atoms with Crippen LogP contribution in [0.5, 0.6) is 0 Å². The van der Waals surface area contributed by atoms with Crippen LogP contribution in [0, 0.1) is 6.92 Å². The minimum atomic E-state index is -4.65. The molecule has 1 aromatic heterocycles. The first kappa shape index (κ1) is 23.6. The molecule has 1 fully saturated rings. The molecule has 2 atom stereocenters. The van der Waals surface area contributed by atoms with Crippen LogP contribution in [0.2, 0.25) is 0 Å². The molecule has 0 bridgehead atoms.